The smallest absolute Gasteiger partial charge is 0.251 e. The number of carbonyl (C=O) groups is 3. The number of aliphatic hydroxyl groups excluding tert-OH is 1. The van der Waals surface area contributed by atoms with Crippen LogP contribution in [0.3, 0.4) is 0 Å². The van der Waals surface area contributed by atoms with Crippen molar-refractivity contribution in [2.75, 3.05) is 31.6 Å². The third kappa shape index (κ3) is 4.60. The number of rotatable bonds is 11. The molecule has 3 saturated heterocycles. The zero-order chi connectivity index (χ0) is 29.5. The Hall–Kier alpha value is -2.29. The van der Waals surface area contributed by atoms with Crippen LogP contribution in [0.2, 0.25) is 5.02 Å². The van der Waals surface area contributed by atoms with Crippen LogP contribution in [0.15, 0.2) is 43.5 Å². The number of likely N-dealkylation sites (tertiary alicyclic amines) is 1. The van der Waals surface area contributed by atoms with Crippen molar-refractivity contribution in [3.63, 3.8) is 0 Å². The normalized spacial score (nSPS) is 30.1. The molecule has 1 N–H and O–H groups in total. The molecular formula is C31H42ClN3O4S. The summed E-state index contributed by atoms with van der Waals surface area (Å²) in [6.45, 7) is 16.0. The molecule has 0 saturated carbocycles. The third-order valence-electron chi connectivity index (χ3n) is 9.36. The number of thioether (sulfide) groups is 1. The highest BCUT2D eigenvalue weighted by Crippen LogP contribution is 2.69. The molecule has 3 fully saturated rings. The summed E-state index contributed by atoms with van der Waals surface area (Å²) in [7, 11) is 1.73. The molecule has 8 atom stereocenters. The fourth-order valence-electron chi connectivity index (χ4n) is 7.26. The average Bonchev–Trinajstić information content (AvgIpc) is 3.51. The van der Waals surface area contributed by atoms with E-state index in [-0.39, 0.29) is 48.0 Å². The highest BCUT2D eigenvalue weighted by atomic mass is 35.5. The highest BCUT2D eigenvalue weighted by molar-refractivity contribution is 8.02. The van der Waals surface area contributed by atoms with Gasteiger partial charge >= 0.3 is 0 Å². The lowest BCUT2D eigenvalue weighted by Gasteiger charge is -2.43. The Balaban J connectivity index is 1.91. The summed E-state index contributed by atoms with van der Waals surface area (Å²) >= 11 is 8.31. The number of likely N-dealkylation sites (N-methyl/N-ethyl adjacent to an activating group) is 1. The van der Waals surface area contributed by atoms with Crippen LogP contribution in [0.1, 0.15) is 39.2 Å². The number of anilines is 1. The lowest BCUT2D eigenvalue weighted by molar-refractivity contribution is -0.145. The van der Waals surface area contributed by atoms with E-state index in [1.54, 1.807) is 51.7 Å². The molecule has 2 bridgehead atoms. The van der Waals surface area contributed by atoms with Crippen molar-refractivity contribution < 1.29 is 19.5 Å². The van der Waals surface area contributed by atoms with Gasteiger partial charge in [0, 0.05) is 25.4 Å². The van der Waals surface area contributed by atoms with E-state index in [4.69, 9.17) is 11.6 Å². The first-order valence-electron chi connectivity index (χ1n) is 14.2. The number of hydrogen-bond acceptors (Lipinski definition) is 5. The summed E-state index contributed by atoms with van der Waals surface area (Å²) in [6.07, 6.45) is 4.80. The zero-order valence-electron chi connectivity index (χ0n) is 24.2. The van der Waals surface area contributed by atoms with Crippen LogP contribution in [0.5, 0.6) is 0 Å². The maximum absolute atomic E-state index is 14.9. The van der Waals surface area contributed by atoms with Gasteiger partial charge in [0.1, 0.15) is 6.04 Å². The van der Waals surface area contributed by atoms with Gasteiger partial charge in [-0.15, -0.1) is 24.9 Å². The zero-order valence-corrected chi connectivity index (χ0v) is 25.8. The van der Waals surface area contributed by atoms with Crippen molar-refractivity contribution >= 4 is 46.8 Å². The van der Waals surface area contributed by atoms with Gasteiger partial charge in [-0.3, -0.25) is 14.4 Å². The standard InChI is InChI=1S/C31H42ClN3O4S/c1-8-14-33(7)28(37)24-23-16-20(6)31(40-23)25(24)29(38)35(22(17-36)18(4)10-3)27(31)30(39)34(15-9-2)26-19(5)12-11-13-21(26)32/h8-9,11-13,18,20,22-25,27,36H,1-2,10,14-17H2,3-7H3/t18-,20?,22-,23+,24-,25-,27?,31?/m0/s1. The van der Waals surface area contributed by atoms with E-state index >= 15 is 0 Å². The van der Waals surface area contributed by atoms with Gasteiger partial charge in [0.2, 0.25) is 11.8 Å². The molecule has 1 aromatic carbocycles. The summed E-state index contributed by atoms with van der Waals surface area (Å²) < 4.78 is -0.802. The molecule has 0 radical (unpaired) electrons. The van der Waals surface area contributed by atoms with Gasteiger partial charge in [-0.1, -0.05) is 63.1 Å². The molecule has 3 amide bonds. The molecule has 1 aromatic rings. The minimum atomic E-state index is -0.862. The quantitative estimate of drug-likeness (QED) is 0.384. The Kier molecular flexibility index (Phi) is 9.13. The van der Waals surface area contributed by atoms with Crippen molar-refractivity contribution in [1.29, 1.82) is 0 Å². The number of carbonyl (C=O) groups excluding carboxylic acids is 3. The molecule has 218 valence electrons. The fraction of sp³-hybridized carbons (Fsp3) is 0.581. The topological polar surface area (TPSA) is 81.2 Å². The molecule has 1 spiro atoms. The molecular weight excluding hydrogens is 546 g/mol. The molecule has 4 rings (SSSR count). The van der Waals surface area contributed by atoms with Crippen molar-refractivity contribution in [2.45, 2.75) is 62.6 Å². The second-order valence-corrected chi connectivity index (χ2v) is 13.5. The number of amides is 3. The van der Waals surface area contributed by atoms with Crippen LogP contribution in [-0.2, 0) is 14.4 Å². The van der Waals surface area contributed by atoms with Gasteiger partial charge in [0.25, 0.3) is 5.91 Å². The number of para-hydroxylation sites is 1. The van der Waals surface area contributed by atoms with Gasteiger partial charge in [0.05, 0.1) is 39.9 Å². The van der Waals surface area contributed by atoms with E-state index in [1.165, 1.54) is 0 Å². The van der Waals surface area contributed by atoms with Gasteiger partial charge in [-0.05, 0) is 36.8 Å². The van der Waals surface area contributed by atoms with E-state index in [9.17, 15) is 19.5 Å². The lowest BCUT2D eigenvalue weighted by atomic mass is 9.65. The maximum Gasteiger partial charge on any atom is 0.251 e. The van der Waals surface area contributed by atoms with Gasteiger partial charge in [0.15, 0.2) is 0 Å². The number of hydrogen-bond donors (Lipinski definition) is 1. The SMILES string of the molecule is C=CCN(C)C(=O)[C@@H]1[C@H]2C(=O)N([C@@H](CO)[C@@H](C)CC)C(C(=O)N(CC=C)c3c(C)cccc3Cl)C23S[C@@H]1CC3C. The van der Waals surface area contributed by atoms with Crippen LogP contribution >= 0.6 is 23.4 Å². The summed E-state index contributed by atoms with van der Waals surface area (Å²) in [5.74, 6) is -1.78. The van der Waals surface area contributed by atoms with Gasteiger partial charge in [-0.25, -0.2) is 0 Å². The minimum absolute atomic E-state index is 0.0124. The van der Waals surface area contributed by atoms with E-state index in [0.717, 1.165) is 18.4 Å². The molecule has 7 nitrogen and oxygen atoms in total. The van der Waals surface area contributed by atoms with Crippen LogP contribution in [-0.4, -0.2) is 81.5 Å². The minimum Gasteiger partial charge on any atom is -0.394 e. The average molecular weight is 588 g/mol. The van der Waals surface area contributed by atoms with Crippen LogP contribution in [0, 0.1) is 30.6 Å². The summed E-state index contributed by atoms with van der Waals surface area (Å²) in [5, 5.41) is 11.0. The Morgan fingerprint density at radius 1 is 1.27 bits per heavy atom. The number of benzene rings is 1. The second kappa shape index (κ2) is 11.9. The first-order valence-corrected chi connectivity index (χ1v) is 15.4. The van der Waals surface area contributed by atoms with Crippen LogP contribution in [0.25, 0.3) is 0 Å². The first kappa shape index (κ1) is 30.7. The predicted molar refractivity (Wildman–Crippen MR) is 162 cm³/mol. The van der Waals surface area contributed by atoms with Crippen molar-refractivity contribution in [3.8, 4) is 0 Å². The first-order chi connectivity index (χ1) is 19.0. The molecule has 9 heteroatoms. The lowest BCUT2D eigenvalue weighted by Crippen LogP contribution is -2.60. The number of aryl methyl sites for hydroxylation is 1. The van der Waals surface area contributed by atoms with Crippen molar-refractivity contribution in [3.05, 3.63) is 54.1 Å². The Morgan fingerprint density at radius 2 is 1.95 bits per heavy atom. The van der Waals surface area contributed by atoms with Crippen LogP contribution in [0.4, 0.5) is 5.69 Å². The van der Waals surface area contributed by atoms with Crippen molar-refractivity contribution in [1.82, 2.24) is 9.80 Å². The summed E-state index contributed by atoms with van der Waals surface area (Å²) in [5.41, 5.74) is 1.43. The van der Waals surface area contributed by atoms with Gasteiger partial charge in [-0.2, -0.15) is 0 Å². The monoisotopic (exact) mass is 587 g/mol. The third-order valence-corrected chi connectivity index (χ3v) is 11.7. The summed E-state index contributed by atoms with van der Waals surface area (Å²) in [4.78, 5) is 48.2. The Labute approximate surface area is 247 Å². The fourth-order valence-corrected chi connectivity index (χ4v) is 9.98. The number of fused-ring (bicyclic) bond motifs is 1. The summed E-state index contributed by atoms with van der Waals surface area (Å²) in [6, 6.07) is 4.08. The molecule has 0 aromatic heterocycles. The molecule has 40 heavy (non-hydrogen) atoms. The maximum atomic E-state index is 14.9. The number of halogens is 1. The number of aliphatic hydroxyl groups is 1. The predicted octanol–water partition coefficient (Wildman–Crippen LogP) is 4.56. The largest absolute Gasteiger partial charge is 0.394 e. The molecule has 3 aliphatic rings. The molecule has 3 aliphatic heterocycles. The van der Waals surface area contributed by atoms with E-state index in [2.05, 4.69) is 20.1 Å². The Morgan fingerprint density at radius 3 is 2.52 bits per heavy atom. The second-order valence-electron chi connectivity index (χ2n) is 11.6. The molecule has 3 heterocycles. The van der Waals surface area contributed by atoms with E-state index < -0.39 is 28.7 Å². The highest BCUT2D eigenvalue weighted by Gasteiger charge is 2.77. The Bertz CT molecular complexity index is 1170. The van der Waals surface area contributed by atoms with E-state index in [1.807, 2.05) is 32.9 Å². The molecule has 3 unspecified atom stereocenters. The number of nitrogens with zero attached hydrogens (tertiary/aromatic N) is 3. The van der Waals surface area contributed by atoms with Gasteiger partial charge < -0.3 is 19.8 Å². The van der Waals surface area contributed by atoms with Crippen molar-refractivity contribution in [2.24, 2.45) is 23.7 Å². The van der Waals surface area contributed by atoms with E-state index in [0.29, 0.717) is 17.3 Å². The van der Waals surface area contributed by atoms with Crippen LogP contribution < -0.4 is 4.90 Å². The molecule has 0 aliphatic carbocycles.